The van der Waals surface area contributed by atoms with Crippen molar-refractivity contribution in [3.8, 4) is 0 Å². The highest BCUT2D eigenvalue weighted by atomic mass is 32.2. The summed E-state index contributed by atoms with van der Waals surface area (Å²) in [4.78, 5) is 12.5. The molecule has 0 aliphatic heterocycles. The maximum absolute atomic E-state index is 13.7. The van der Waals surface area contributed by atoms with Gasteiger partial charge >= 0.3 is 6.03 Å². The standard InChI is InChI=1S/C18H21FN2O2S/c1-24-17-8-7-15(11-16(17)19)21-18(23)20-12-14(9-10-22)13-5-3-2-4-6-13/h2-8,11,14,22H,9-10,12H2,1H3,(H2,20,21,23). The lowest BCUT2D eigenvalue weighted by Gasteiger charge is -2.17. The number of amides is 2. The molecule has 3 N–H and O–H groups in total. The van der Waals surface area contributed by atoms with E-state index in [9.17, 15) is 14.3 Å². The lowest BCUT2D eigenvalue weighted by Crippen LogP contribution is -2.32. The van der Waals surface area contributed by atoms with Gasteiger partial charge in [0.25, 0.3) is 0 Å². The number of hydrogen-bond donors (Lipinski definition) is 3. The van der Waals surface area contributed by atoms with Gasteiger partial charge in [-0.1, -0.05) is 30.3 Å². The van der Waals surface area contributed by atoms with E-state index in [2.05, 4.69) is 10.6 Å². The molecule has 0 spiro atoms. The second kappa shape index (κ2) is 9.30. The molecule has 0 heterocycles. The van der Waals surface area contributed by atoms with Crippen LogP contribution >= 0.6 is 11.8 Å². The average Bonchev–Trinajstić information content (AvgIpc) is 2.59. The first kappa shape index (κ1) is 18.3. The highest BCUT2D eigenvalue weighted by Crippen LogP contribution is 2.22. The van der Waals surface area contributed by atoms with Gasteiger partial charge in [0.1, 0.15) is 5.82 Å². The number of carbonyl (C=O) groups excluding carboxylic acids is 1. The Hall–Kier alpha value is -2.05. The van der Waals surface area contributed by atoms with Gasteiger partial charge in [0.15, 0.2) is 0 Å². The fourth-order valence-corrected chi connectivity index (χ4v) is 2.86. The summed E-state index contributed by atoms with van der Waals surface area (Å²) in [5.74, 6) is -0.333. The van der Waals surface area contributed by atoms with Crippen LogP contribution in [0.5, 0.6) is 0 Å². The lowest BCUT2D eigenvalue weighted by atomic mass is 9.96. The predicted molar refractivity (Wildman–Crippen MR) is 96.1 cm³/mol. The number of nitrogens with one attached hydrogen (secondary N) is 2. The molecule has 0 aromatic heterocycles. The van der Waals surface area contributed by atoms with Gasteiger partial charge in [-0.2, -0.15) is 0 Å². The summed E-state index contributed by atoms with van der Waals surface area (Å²) >= 11 is 1.31. The molecule has 0 saturated carbocycles. The third-order valence-corrected chi connectivity index (χ3v) is 4.44. The Labute approximate surface area is 145 Å². The molecule has 24 heavy (non-hydrogen) atoms. The third kappa shape index (κ3) is 5.25. The summed E-state index contributed by atoms with van der Waals surface area (Å²) in [7, 11) is 0. The zero-order valence-corrected chi connectivity index (χ0v) is 14.3. The van der Waals surface area contributed by atoms with Crippen LogP contribution in [0.25, 0.3) is 0 Å². The monoisotopic (exact) mass is 348 g/mol. The Balaban J connectivity index is 1.92. The topological polar surface area (TPSA) is 61.4 Å². The van der Waals surface area contributed by atoms with Gasteiger partial charge < -0.3 is 15.7 Å². The molecule has 0 fully saturated rings. The number of halogens is 1. The van der Waals surface area contributed by atoms with Crippen LogP contribution in [0, 0.1) is 5.82 Å². The molecule has 2 amide bonds. The maximum Gasteiger partial charge on any atom is 0.319 e. The molecule has 128 valence electrons. The molecule has 1 unspecified atom stereocenters. The van der Waals surface area contributed by atoms with Gasteiger partial charge in [-0.15, -0.1) is 11.8 Å². The minimum atomic E-state index is -0.398. The Bertz CT molecular complexity index is 667. The van der Waals surface area contributed by atoms with Gasteiger partial charge in [0.2, 0.25) is 0 Å². The second-order valence-electron chi connectivity index (χ2n) is 5.30. The van der Waals surface area contributed by atoms with Crippen molar-refractivity contribution in [1.29, 1.82) is 0 Å². The van der Waals surface area contributed by atoms with Crippen LogP contribution < -0.4 is 10.6 Å². The van der Waals surface area contributed by atoms with E-state index in [1.807, 2.05) is 30.3 Å². The summed E-state index contributed by atoms with van der Waals surface area (Å²) in [6.07, 6.45) is 2.35. The predicted octanol–water partition coefficient (Wildman–Crippen LogP) is 3.84. The van der Waals surface area contributed by atoms with Gasteiger partial charge in [-0.25, -0.2) is 9.18 Å². The molecule has 0 radical (unpaired) electrons. The van der Waals surface area contributed by atoms with Crippen LogP contribution in [0.3, 0.4) is 0 Å². The average molecular weight is 348 g/mol. The first-order valence-electron chi connectivity index (χ1n) is 7.68. The molecule has 0 saturated heterocycles. The third-order valence-electron chi connectivity index (χ3n) is 3.67. The fourth-order valence-electron chi connectivity index (χ4n) is 2.40. The van der Waals surface area contributed by atoms with Crippen molar-refractivity contribution < 1.29 is 14.3 Å². The van der Waals surface area contributed by atoms with Gasteiger partial charge in [0, 0.05) is 29.7 Å². The molecule has 2 aromatic carbocycles. The van der Waals surface area contributed by atoms with E-state index in [1.165, 1.54) is 17.8 Å². The van der Waals surface area contributed by atoms with Crippen LogP contribution in [0.15, 0.2) is 53.4 Å². The molecule has 0 aliphatic carbocycles. The molecule has 2 aromatic rings. The number of thioether (sulfide) groups is 1. The SMILES string of the molecule is CSc1ccc(NC(=O)NCC(CCO)c2ccccc2)cc1F. The number of urea groups is 1. The van der Waals surface area contributed by atoms with Crippen LogP contribution in [-0.2, 0) is 0 Å². The Morgan fingerprint density at radius 2 is 2.00 bits per heavy atom. The number of benzene rings is 2. The van der Waals surface area contributed by atoms with E-state index in [4.69, 9.17) is 0 Å². The lowest BCUT2D eigenvalue weighted by molar-refractivity contribution is 0.248. The van der Waals surface area contributed by atoms with Gasteiger partial charge in [-0.05, 0) is 36.4 Å². The van der Waals surface area contributed by atoms with Crippen molar-refractivity contribution in [1.82, 2.24) is 5.32 Å². The summed E-state index contributed by atoms with van der Waals surface area (Å²) in [6.45, 7) is 0.437. The second-order valence-corrected chi connectivity index (χ2v) is 6.15. The molecule has 4 nitrogen and oxygen atoms in total. The van der Waals surface area contributed by atoms with E-state index >= 15 is 0 Å². The van der Waals surface area contributed by atoms with E-state index in [-0.39, 0.29) is 18.3 Å². The van der Waals surface area contributed by atoms with Crippen LogP contribution in [0.2, 0.25) is 0 Å². The van der Waals surface area contributed by atoms with Gasteiger partial charge in [0.05, 0.1) is 0 Å². The molecule has 0 aliphatic rings. The Kier molecular flexibility index (Phi) is 7.08. The molecule has 6 heteroatoms. The van der Waals surface area contributed by atoms with Crippen LogP contribution in [0.1, 0.15) is 17.9 Å². The quantitative estimate of drug-likeness (QED) is 0.666. The smallest absolute Gasteiger partial charge is 0.319 e. The maximum atomic E-state index is 13.7. The first-order chi connectivity index (χ1) is 11.6. The molecule has 2 rings (SSSR count). The van der Waals surface area contributed by atoms with Crippen molar-refractivity contribution in [3.05, 3.63) is 59.9 Å². The van der Waals surface area contributed by atoms with Crippen molar-refractivity contribution in [2.45, 2.75) is 17.2 Å². The van der Waals surface area contributed by atoms with Crippen molar-refractivity contribution in [2.24, 2.45) is 0 Å². The van der Waals surface area contributed by atoms with Crippen LogP contribution in [-0.4, -0.2) is 30.5 Å². The number of aliphatic hydroxyl groups excluding tert-OH is 1. The number of anilines is 1. The molecule has 0 bridgehead atoms. The highest BCUT2D eigenvalue weighted by molar-refractivity contribution is 7.98. The normalized spacial score (nSPS) is 11.8. The van der Waals surface area contributed by atoms with Crippen molar-refractivity contribution in [2.75, 3.05) is 24.7 Å². The van der Waals surface area contributed by atoms with Crippen molar-refractivity contribution in [3.63, 3.8) is 0 Å². The molecular weight excluding hydrogens is 327 g/mol. The van der Waals surface area contributed by atoms with E-state index in [0.717, 1.165) is 5.56 Å². The minimum Gasteiger partial charge on any atom is -0.396 e. The zero-order valence-electron chi connectivity index (χ0n) is 13.5. The fraction of sp³-hybridized carbons (Fsp3) is 0.278. The van der Waals surface area contributed by atoms with E-state index in [0.29, 0.717) is 23.5 Å². The summed E-state index contributed by atoms with van der Waals surface area (Å²) in [5.41, 5.74) is 1.46. The van der Waals surface area contributed by atoms with Crippen LogP contribution in [0.4, 0.5) is 14.9 Å². The molecular formula is C18H21FN2O2S. The number of carbonyl (C=O) groups is 1. The number of hydrogen-bond acceptors (Lipinski definition) is 3. The number of rotatable bonds is 7. The largest absolute Gasteiger partial charge is 0.396 e. The number of aliphatic hydroxyl groups is 1. The first-order valence-corrected chi connectivity index (χ1v) is 8.90. The van der Waals surface area contributed by atoms with Gasteiger partial charge in [-0.3, -0.25) is 0 Å². The Morgan fingerprint density at radius 3 is 2.62 bits per heavy atom. The summed E-state index contributed by atoms with van der Waals surface area (Å²) in [6, 6.07) is 13.9. The molecule has 1 atom stereocenters. The van der Waals surface area contributed by atoms with E-state index < -0.39 is 6.03 Å². The minimum absolute atomic E-state index is 0.0255. The summed E-state index contributed by atoms with van der Waals surface area (Å²) < 4.78 is 13.7. The Morgan fingerprint density at radius 1 is 1.25 bits per heavy atom. The zero-order chi connectivity index (χ0) is 17.4. The highest BCUT2D eigenvalue weighted by Gasteiger charge is 2.13. The van der Waals surface area contributed by atoms with E-state index in [1.54, 1.807) is 18.4 Å². The van der Waals surface area contributed by atoms with Crippen molar-refractivity contribution >= 4 is 23.5 Å². The summed E-state index contributed by atoms with van der Waals surface area (Å²) in [5, 5.41) is 14.6.